The van der Waals surface area contributed by atoms with Crippen LogP contribution in [-0.4, -0.2) is 77.6 Å². The first kappa shape index (κ1) is 27.8. The summed E-state index contributed by atoms with van der Waals surface area (Å²) < 4.78 is 45.2. The van der Waals surface area contributed by atoms with E-state index < -0.39 is 17.5 Å². The second kappa shape index (κ2) is 10.00. The molecule has 2 aromatic heterocycles. The Morgan fingerprint density at radius 3 is 3.02 bits per heavy atom. The van der Waals surface area contributed by atoms with Crippen LogP contribution in [0.5, 0.6) is 11.8 Å². The SMILES string of the molecule is N#Cc1c(N)sc2cccc(-c3c(Cl)c4c5c(nc(OC[C@@]67CCCN6C[C@H](F)C7)nc5c3F)N3CC5CCC(N5)C3CO4)c12. The fraction of sp³-hybridized carbons (Fsp3) is 0.469. The second-order valence-corrected chi connectivity index (χ2v) is 14.4. The van der Waals surface area contributed by atoms with Gasteiger partial charge in [-0.1, -0.05) is 23.7 Å². The lowest BCUT2D eigenvalue weighted by atomic mass is 9.95. The average Bonchev–Trinajstić information content (AvgIpc) is 3.74. The summed E-state index contributed by atoms with van der Waals surface area (Å²) >= 11 is 8.38. The second-order valence-electron chi connectivity index (χ2n) is 13.0. The number of aromatic nitrogens is 2. The standard InChI is InChI=1S/C32H30ClF2N7O2S/c33-25-23(17-3-1-4-21-22(17)18(10-36)29(37)45-21)26(35)27-24-28(25)43-13-20-19-6-5-16(38-19)12-42(20)30(24)40-31(39-27)44-14-32-7-2-8-41(32)11-15(34)9-32/h1,3-4,15-16,19-20,38H,2,5-9,11-14,37H2/t15-,16?,19?,20?,32+/m1/s1. The normalized spacial score (nSPS) is 28.6. The molecule has 0 spiro atoms. The number of nitrogens with one attached hydrogen (secondary N) is 1. The Morgan fingerprint density at radius 1 is 1.27 bits per heavy atom. The first-order valence-corrected chi connectivity index (χ1v) is 16.7. The smallest absolute Gasteiger partial charge is 0.319 e. The van der Waals surface area contributed by atoms with Gasteiger partial charge in [0.1, 0.15) is 41.8 Å². The molecule has 9 nitrogen and oxygen atoms in total. The minimum absolute atomic E-state index is 0.0326. The molecule has 0 saturated carbocycles. The summed E-state index contributed by atoms with van der Waals surface area (Å²) in [5, 5.41) is 15.0. The van der Waals surface area contributed by atoms with Crippen LogP contribution in [-0.2, 0) is 0 Å². The largest absolute Gasteiger partial charge is 0.489 e. The molecule has 4 fully saturated rings. The van der Waals surface area contributed by atoms with Gasteiger partial charge in [0, 0.05) is 47.2 Å². The molecule has 2 aromatic carbocycles. The number of nitrogens with two attached hydrogens (primary N) is 1. The van der Waals surface area contributed by atoms with Gasteiger partial charge < -0.3 is 25.4 Å². The highest BCUT2D eigenvalue weighted by atomic mass is 35.5. The minimum atomic E-state index is -0.901. The summed E-state index contributed by atoms with van der Waals surface area (Å²) in [7, 11) is 0. The summed E-state index contributed by atoms with van der Waals surface area (Å²) in [6, 6.07) is 8.01. The van der Waals surface area contributed by atoms with Gasteiger partial charge in [0.05, 0.1) is 27.6 Å². The fourth-order valence-corrected chi connectivity index (χ4v) is 9.80. The average molecular weight is 650 g/mol. The van der Waals surface area contributed by atoms with Crippen molar-refractivity contribution in [2.24, 2.45) is 0 Å². The Bertz CT molecular complexity index is 1950. The number of halogens is 3. The van der Waals surface area contributed by atoms with Crippen molar-refractivity contribution < 1.29 is 18.3 Å². The summed E-state index contributed by atoms with van der Waals surface area (Å²) in [6.07, 6.45) is 3.34. The molecule has 7 heterocycles. The van der Waals surface area contributed by atoms with E-state index in [4.69, 9.17) is 31.8 Å². The van der Waals surface area contributed by atoms with E-state index in [2.05, 4.69) is 26.2 Å². The number of fused-ring (bicyclic) bond motifs is 7. The number of nitrogens with zero attached hydrogens (tertiary/aromatic N) is 5. The highest BCUT2D eigenvalue weighted by Crippen LogP contribution is 2.51. The highest BCUT2D eigenvalue weighted by Gasteiger charge is 2.50. The van der Waals surface area contributed by atoms with Crippen LogP contribution in [0, 0.1) is 17.1 Å². The number of ether oxygens (including phenoxy) is 2. The molecule has 0 radical (unpaired) electrons. The van der Waals surface area contributed by atoms with E-state index in [0.717, 1.165) is 36.9 Å². The van der Waals surface area contributed by atoms with Crippen molar-refractivity contribution in [1.82, 2.24) is 20.2 Å². The third-order valence-corrected chi connectivity index (χ3v) is 11.9. The van der Waals surface area contributed by atoms with Gasteiger partial charge in [-0.3, -0.25) is 4.90 Å². The summed E-state index contributed by atoms with van der Waals surface area (Å²) in [5.74, 6) is 0.189. The van der Waals surface area contributed by atoms with Crippen molar-refractivity contribution in [2.75, 3.05) is 43.5 Å². The lowest BCUT2D eigenvalue weighted by Crippen LogP contribution is -2.60. The minimum Gasteiger partial charge on any atom is -0.489 e. The number of rotatable bonds is 4. The number of alkyl halides is 1. The number of benzene rings is 2. The molecule has 4 saturated heterocycles. The molecule has 3 N–H and O–H groups in total. The number of piperazine rings is 1. The number of hydrogen-bond acceptors (Lipinski definition) is 10. The summed E-state index contributed by atoms with van der Waals surface area (Å²) in [4.78, 5) is 14.0. The van der Waals surface area contributed by atoms with Crippen LogP contribution in [0.2, 0.25) is 5.02 Å². The Morgan fingerprint density at radius 2 is 2.16 bits per heavy atom. The maximum atomic E-state index is 17.1. The first-order chi connectivity index (χ1) is 21.8. The number of nitrogen functional groups attached to an aromatic ring is 1. The van der Waals surface area contributed by atoms with Crippen LogP contribution in [0.4, 0.5) is 19.6 Å². The monoisotopic (exact) mass is 649 g/mol. The molecular weight excluding hydrogens is 620 g/mol. The van der Waals surface area contributed by atoms with Crippen LogP contribution in [0.1, 0.15) is 37.7 Å². The Balaban J connectivity index is 1.25. The van der Waals surface area contributed by atoms with Gasteiger partial charge in [0.2, 0.25) is 0 Å². The molecule has 13 heteroatoms. The van der Waals surface area contributed by atoms with Crippen molar-refractivity contribution in [2.45, 2.75) is 61.9 Å². The number of nitriles is 1. The number of thiophene rings is 1. The topological polar surface area (TPSA) is 113 Å². The van der Waals surface area contributed by atoms with Crippen LogP contribution in [0.25, 0.3) is 32.1 Å². The van der Waals surface area contributed by atoms with E-state index in [1.165, 1.54) is 11.3 Å². The highest BCUT2D eigenvalue weighted by molar-refractivity contribution is 7.23. The molecule has 5 aliphatic rings. The molecule has 3 unspecified atom stereocenters. The third-order valence-electron chi connectivity index (χ3n) is 10.5. The fourth-order valence-electron chi connectivity index (χ4n) is 8.52. The van der Waals surface area contributed by atoms with Gasteiger partial charge in [0.15, 0.2) is 11.6 Å². The zero-order valence-corrected chi connectivity index (χ0v) is 25.9. The van der Waals surface area contributed by atoms with Crippen molar-refractivity contribution >= 4 is 54.7 Å². The van der Waals surface area contributed by atoms with E-state index in [0.29, 0.717) is 59.0 Å². The lowest BCUT2D eigenvalue weighted by molar-refractivity contribution is 0.107. The summed E-state index contributed by atoms with van der Waals surface area (Å²) in [6.45, 7) is 2.46. The van der Waals surface area contributed by atoms with Gasteiger partial charge in [-0.25, -0.2) is 8.78 Å². The van der Waals surface area contributed by atoms with E-state index in [-0.39, 0.29) is 52.4 Å². The first-order valence-electron chi connectivity index (χ1n) is 15.5. The maximum Gasteiger partial charge on any atom is 0.319 e. The van der Waals surface area contributed by atoms with E-state index in [9.17, 15) is 9.65 Å². The Labute approximate surface area is 266 Å². The maximum absolute atomic E-state index is 17.1. The van der Waals surface area contributed by atoms with E-state index >= 15 is 4.39 Å². The van der Waals surface area contributed by atoms with Gasteiger partial charge in [0.25, 0.3) is 0 Å². The third kappa shape index (κ3) is 4.00. The predicted molar refractivity (Wildman–Crippen MR) is 170 cm³/mol. The zero-order valence-electron chi connectivity index (χ0n) is 24.3. The molecule has 45 heavy (non-hydrogen) atoms. The van der Waals surface area contributed by atoms with Crippen LogP contribution >= 0.6 is 22.9 Å². The Hall–Kier alpha value is -3.50. The lowest BCUT2D eigenvalue weighted by Gasteiger charge is -2.40. The van der Waals surface area contributed by atoms with Gasteiger partial charge in [-0.05, 0) is 43.9 Å². The van der Waals surface area contributed by atoms with Crippen LogP contribution < -0.4 is 25.4 Å². The van der Waals surface area contributed by atoms with Gasteiger partial charge in [-0.2, -0.15) is 15.2 Å². The van der Waals surface area contributed by atoms with Crippen LogP contribution in [0.15, 0.2) is 18.2 Å². The molecule has 0 amide bonds. The van der Waals surface area contributed by atoms with Gasteiger partial charge >= 0.3 is 6.01 Å². The van der Waals surface area contributed by atoms with Crippen molar-refractivity contribution in [1.29, 1.82) is 5.26 Å². The molecule has 2 bridgehead atoms. The van der Waals surface area contributed by atoms with Crippen LogP contribution in [0.3, 0.4) is 0 Å². The molecule has 9 rings (SSSR count). The zero-order chi connectivity index (χ0) is 30.6. The molecular formula is C32H30ClF2N7O2S. The number of anilines is 2. The van der Waals surface area contributed by atoms with Gasteiger partial charge in [-0.15, -0.1) is 11.3 Å². The van der Waals surface area contributed by atoms with Crippen molar-refractivity contribution in [3.05, 3.63) is 34.6 Å². The van der Waals surface area contributed by atoms with Crippen molar-refractivity contribution in [3.63, 3.8) is 0 Å². The Kier molecular flexibility index (Phi) is 6.17. The quantitative estimate of drug-likeness (QED) is 0.300. The molecule has 5 atom stereocenters. The summed E-state index contributed by atoms with van der Waals surface area (Å²) in [5.41, 5.74) is 6.62. The van der Waals surface area contributed by atoms with E-state index in [1.807, 2.05) is 6.07 Å². The molecule has 232 valence electrons. The molecule has 4 aromatic rings. The predicted octanol–water partition coefficient (Wildman–Crippen LogP) is 5.41. The van der Waals surface area contributed by atoms with Crippen molar-refractivity contribution in [3.8, 4) is 29.0 Å². The molecule has 5 aliphatic heterocycles. The number of hydrogen-bond donors (Lipinski definition) is 2. The molecule has 0 aliphatic carbocycles. The van der Waals surface area contributed by atoms with E-state index in [1.54, 1.807) is 12.1 Å².